The van der Waals surface area contributed by atoms with E-state index in [2.05, 4.69) is 0 Å². The second-order valence-corrected chi connectivity index (χ2v) is 7.91. The first-order chi connectivity index (χ1) is 8.62. The number of halogens is 1. The van der Waals surface area contributed by atoms with Gasteiger partial charge in [-0.25, -0.2) is 12.7 Å². The summed E-state index contributed by atoms with van der Waals surface area (Å²) in [5.74, 6) is 0. The molecule has 4 nitrogen and oxygen atoms in total. The van der Waals surface area contributed by atoms with E-state index in [-0.39, 0.29) is 10.3 Å². The van der Waals surface area contributed by atoms with Crippen LogP contribution in [-0.4, -0.2) is 32.9 Å². The van der Waals surface area contributed by atoms with E-state index in [0.29, 0.717) is 23.7 Å². The molecule has 0 aliphatic heterocycles. The van der Waals surface area contributed by atoms with Crippen molar-refractivity contribution in [3.63, 3.8) is 0 Å². The van der Waals surface area contributed by atoms with Gasteiger partial charge in [-0.1, -0.05) is 31.5 Å². The summed E-state index contributed by atoms with van der Waals surface area (Å²) in [7, 11) is -1.98. The molecule has 0 unspecified atom stereocenters. The molecular weight excluding hydrogens is 284 g/mol. The molecule has 1 aromatic rings. The van der Waals surface area contributed by atoms with E-state index in [1.165, 1.54) is 4.31 Å². The van der Waals surface area contributed by atoms with Gasteiger partial charge in [-0.3, -0.25) is 0 Å². The Morgan fingerprint density at radius 2 is 1.95 bits per heavy atom. The molecule has 0 aromatic heterocycles. The van der Waals surface area contributed by atoms with Crippen molar-refractivity contribution in [2.45, 2.75) is 25.7 Å². The van der Waals surface area contributed by atoms with E-state index in [4.69, 9.17) is 17.3 Å². The highest BCUT2D eigenvalue weighted by Gasteiger charge is 2.28. The van der Waals surface area contributed by atoms with E-state index in [1.807, 2.05) is 13.8 Å². The molecule has 108 valence electrons. The minimum atomic E-state index is -3.54. The molecule has 1 aromatic carbocycles. The van der Waals surface area contributed by atoms with Crippen LogP contribution in [0.2, 0.25) is 5.02 Å². The Balaban J connectivity index is 3.14. The SMILES string of the molecule is Cc1c(Cl)cccc1S(=O)(=O)N(C)CC(C)(C)CN. The van der Waals surface area contributed by atoms with Crippen molar-refractivity contribution in [1.29, 1.82) is 0 Å². The molecule has 0 saturated carbocycles. The largest absolute Gasteiger partial charge is 0.330 e. The molecule has 0 spiro atoms. The van der Waals surface area contributed by atoms with E-state index >= 15 is 0 Å². The van der Waals surface area contributed by atoms with Gasteiger partial charge < -0.3 is 5.73 Å². The van der Waals surface area contributed by atoms with E-state index < -0.39 is 10.0 Å². The molecule has 19 heavy (non-hydrogen) atoms. The monoisotopic (exact) mass is 304 g/mol. The van der Waals surface area contributed by atoms with Crippen LogP contribution in [0.5, 0.6) is 0 Å². The van der Waals surface area contributed by atoms with Gasteiger partial charge in [0.2, 0.25) is 10.0 Å². The van der Waals surface area contributed by atoms with Crippen LogP contribution in [0.15, 0.2) is 23.1 Å². The predicted molar refractivity (Wildman–Crippen MR) is 78.8 cm³/mol. The van der Waals surface area contributed by atoms with Gasteiger partial charge in [0.15, 0.2) is 0 Å². The second kappa shape index (κ2) is 5.79. The summed E-state index contributed by atoms with van der Waals surface area (Å²) in [5, 5.41) is 0.451. The lowest BCUT2D eigenvalue weighted by molar-refractivity contribution is 0.292. The third-order valence-electron chi connectivity index (χ3n) is 3.11. The number of hydrogen-bond acceptors (Lipinski definition) is 3. The molecule has 0 heterocycles. The summed E-state index contributed by atoms with van der Waals surface area (Å²) < 4.78 is 26.4. The van der Waals surface area contributed by atoms with E-state index in [0.717, 1.165) is 0 Å². The van der Waals surface area contributed by atoms with Crippen molar-refractivity contribution in [2.24, 2.45) is 11.1 Å². The van der Waals surface area contributed by atoms with Gasteiger partial charge in [0.05, 0.1) is 4.90 Å². The molecule has 6 heteroatoms. The number of rotatable bonds is 5. The Morgan fingerprint density at radius 3 is 2.47 bits per heavy atom. The lowest BCUT2D eigenvalue weighted by Gasteiger charge is -2.28. The Bertz CT molecular complexity index is 556. The lowest BCUT2D eigenvalue weighted by Crippen LogP contribution is -2.39. The second-order valence-electron chi connectivity index (χ2n) is 5.49. The number of sulfonamides is 1. The molecule has 0 fully saturated rings. The Labute approximate surface area is 120 Å². The van der Waals surface area contributed by atoms with Crippen molar-refractivity contribution in [3.05, 3.63) is 28.8 Å². The van der Waals surface area contributed by atoms with Gasteiger partial charge in [-0.15, -0.1) is 0 Å². The maximum atomic E-state index is 12.5. The summed E-state index contributed by atoms with van der Waals surface area (Å²) in [6, 6.07) is 4.90. The molecule has 0 bridgehead atoms. The quantitative estimate of drug-likeness (QED) is 0.907. The van der Waals surface area contributed by atoms with Gasteiger partial charge in [-0.2, -0.15) is 0 Å². The highest BCUT2D eigenvalue weighted by molar-refractivity contribution is 7.89. The van der Waals surface area contributed by atoms with Crippen molar-refractivity contribution < 1.29 is 8.42 Å². The van der Waals surface area contributed by atoms with Crippen molar-refractivity contribution in [2.75, 3.05) is 20.1 Å². The molecule has 0 saturated heterocycles. The first-order valence-electron chi connectivity index (χ1n) is 6.03. The zero-order valence-electron chi connectivity index (χ0n) is 11.8. The van der Waals surface area contributed by atoms with Crippen LogP contribution >= 0.6 is 11.6 Å². The minimum Gasteiger partial charge on any atom is -0.330 e. The minimum absolute atomic E-state index is 0.246. The maximum absolute atomic E-state index is 12.5. The molecule has 0 amide bonds. The average Bonchev–Trinajstić information content (AvgIpc) is 2.31. The number of nitrogens with zero attached hydrogens (tertiary/aromatic N) is 1. The molecule has 0 atom stereocenters. The standard InChI is InChI=1S/C13H21ClN2O2S/c1-10-11(14)6-5-7-12(10)19(17,18)16(4)9-13(2,3)8-15/h5-7H,8-9,15H2,1-4H3. The van der Waals surface area contributed by atoms with Crippen LogP contribution < -0.4 is 5.73 Å². The van der Waals surface area contributed by atoms with Crippen molar-refractivity contribution in [3.8, 4) is 0 Å². The summed E-state index contributed by atoms with van der Waals surface area (Å²) >= 11 is 5.98. The van der Waals surface area contributed by atoms with Crippen LogP contribution in [0.25, 0.3) is 0 Å². The zero-order valence-corrected chi connectivity index (χ0v) is 13.3. The van der Waals surface area contributed by atoms with Crippen LogP contribution in [-0.2, 0) is 10.0 Å². The summed E-state index contributed by atoms with van der Waals surface area (Å²) in [5.41, 5.74) is 5.95. The topological polar surface area (TPSA) is 63.4 Å². The van der Waals surface area contributed by atoms with Gasteiger partial charge in [-0.05, 0) is 36.6 Å². The first-order valence-corrected chi connectivity index (χ1v) is 7.85. The van der Waals surface area contributed by atoms with Crippen LogP contribution in [0.3, 0.4) is 0 Å². The van der Waals surface area contributed by atoms with Crippen LogP contribution in [0.1, 0.15) is 19.4 Å². The smallest absolute Gasteiger partial charge is 0.243 e. The first kappa shape index (κ1) is 16.4. The third kappa shape index (κ3) is 3.69. The highest BCUT2D eigenvalue weighted by Crippen LogP contribution is 2.26. The summed E-state index contributed by atoms with van der Waals surface area (Å²) in [4.78, 5) is 0.246. The van der Waals surface area contributed by atoms with E-state index in [9.17, 15) is 8.42 Å². The number of hydrogen-bond donors (Lipinski definition) is 1. The molecule has 1 rings (SSSR count). The average molecular weight is 305 g/mol. The molecule has 0 aliphatic rings. The fourth-order valence-electron chi connectivity index (χ4n) is 1.79. The molecular formula is C13H21ClN2O2S. The highest BCUT2D eigenvalue weighted by atomic mass is 35.5. The third-order valence-corrected chi connectivity index (χ3v) is 5.47. The molecule has 0 radical (unpaired) electrons. The van der Waals surface area contributed by atoms with Gasteiger partial charge in [0, 0.05) is 18.6 Å². The normalized spacial score (nSPS) is 13.0. The fraction of sp³-hybridized carbons (Fsp3) is 0.538. The predicted octanol–water partition coefficient (Wildman–Crippen LogP) is 2.25. The zero-order chi connectivity index (χ0) is 14.8. The number of nitrogens with two attached hydrogens (primary N) is 1. The van der Waals surface area contributed by atoms with Crippen molar-refractivity contribution in [1.82, 2.24) is 4.31 Å². The Morgan fingerprint density at radius 1 is 1.37 bits per heavy atom. The van der Waals surface area contributed by atoms with Gasteiger partial charge in [0.25, 0.3) is 0 Å². The van der Waals surface area contributed by atoms with Gasteiger partial charge >= 0.3 is 0 Å². The molecule has 0 aliphatic carbocycles. The Kier molecular flexibility index (Phi) is 5.01. The lowest BCUT2D eigenvalue weighted by atomic mass is 9.94. The van der Waals surface area contributed by atoms with Crippen LogP contribution in [0.4, 0.5) is 0 Å². The van der Waals surface area contributed by atoms with Crippen LogP contribution in [0, 0.1) is 12.3 Å². The maximum Gasteiger partial charge on any atom is 0.243 e. The summed E-state index contributed by atoms with van der Waals surface area (Å²) in [6.07, 6.45) is 0. The number of benzene rings is 1. The Hall–Kier alpha value is -0.620. The molecule has 2 N–H and O–H groups in total. The summed E-state index contributed by atoms with van der Waals surface area (Å²) in [6.45, 7) is 6.35. The van der Waals surface area contributed by atoms with Gasteiger partial charge in [0.1, 0.15) is 0 Å². The van der Waals surface area contributed by atoms with Crippen molar-refractivity contribution >= 4 is 21.6 Å². The fourth-order valence-corrected chi connectivity index (χ4v) is 3.62. The van der Waals surface area contributed by atoms with E-state index in [1.54, 1.807) is 32.2 Å².